The van der Waals surface area contributed by atoms with Crippen molar-refractivity contribution in [2.75, 3.05) is 9.80 Å². The summed E-state index contributed by atoms with van der Waals surface area (Å²) in [6.07, 6.45) is 4.17. The third kappa shape index (κ3) is 11.1. The molecule has 2 aliphatic rings. The van der Waals surface area contributed by atoms with Crippen LogP contribution in [0.2, 0.25) is 0 Å². The summed E-state index contributed by atoms with van der Waals surface area (Å²) in [5, 5.41) is 5.12. The maximum absolute atomic E-state index is 2.48. The summed E-state index contributed by atoms with van der Waals surface area (Å²) in [5.41, 5.74) is 30.5. The lowest BCUT2D eigenvalue weighted by atomic mass is 9.73. The second-order valence-electron chi connectivity index (χ2n) is 26.4. The van der Waals surface area contributed by atoms with Crippen LogP contribution in [0.5, 0.6) is 0 Å². The van der Waals surface area contributed by atoms with Crippen LogP contribution >= 0.6 is 0 Å². The molecule has 472 valence electrons. The van der Waals surface area contributed by atoms with Crippen LogP contribution in [0.15, 0.2) is 352 Å². The van der Waals surface area contributed by atoms with E-state index in [4.69, 9.17) is 0 Å². The highest BCUT2D eigenvalue weighted by Gasteiger charge is 2.43. The molecule has 0 aromatic heterocycles. The van der Waals surface area contributed by atoms with Gasteiger partial charge in [-0.15, -0.1) is 0 Å². The Bertz CT molecular complexity index is 5340. The molecule has 0 unspecified atom stereocenters. The van der Waals surface area contributed by atoms with E-state index < -0.39 is 0 Å². The third-order valence-electron chi connectivity index (χ3n) is 21.5. The number of hydrogen-bond acceptors (Lipinski definition) is 2. The van der Waals surface area contributed by atoms with E-state index in [2.05, 4.69) is 389 Å². The summed E-state index contributed by atoms with van der Waals surface area (Å²) in [4.78, 5) is 4.80. The van der Waals surface area contributed by atoms with E-state index in [9.17, 15) is 0 Å². The SMILES string of the molecule is CCC1(CC)c2cc(-c3ccc4ccccc4c3)ccc2-c2ccc(N(c3ccccc3)c3ccc(-c4ccc(-c5ccccc5)cc4)cc3)cc21.CCC1(CC)c2cc(-c3ccc4ccccc4c3)ccc2-c2ccc(N(c3ccccc3)c3ccc(-c4ccccc4)cc3)cc21. The van der Waals surface area contributed by atoms with Crippen molar-refractivity contribution in [3.63, 3.8) is 0 Å². The van der Waals surface area contributed by atoms with Gasteiger partial charge in [-0.2, -0.15) is 0 Å². The smallest absolute Gasteiger partial charge is 0.0465 e. The molecular weight excluding hydrogens is 1180 g/mol. The number of anilines is 6. The third-order valence-corrected chi connectivity index (χ3v) is 21.5. The van der Waals surface area contributed by atoms with Crippen molar-refractivity contribution in [1.29, 1.82) is 0 Å². The predicted octanol–water partition coefficient (Wildman–Crippen LogP) is 27.1. The molecule has 0 radical (unpaired) electrons. The first-order valence-electron chi connectivity index (χ1n) is 35.0. The monoisotopic (exact) mass is 1260 g/mol. The van der Waals surface area contributed by atoms with Crippen LogP contribution in [0.1, 0.15) is 75.6 Å². The largest absolute Gasteiger partial charge is 0.310 e. The molecular formula is C96H78N2. The van der Waals surface area contributed by atoms with Crippen molar-refractivity contribution in [2.24, 2.45) is 0 Å². The zero-order valence-corrected chi connectivity index (χ0v) is 56.2. The average Bonchev–Trinajstić information content (AvgIpc) is 1.57. The van der Waals surface area contributed by atoms with E-state index in [0.717, 1.165) is 48.4 Å². The van der Waals surface area contributed by atoms with Gasteiger partial charge in [0.25, 0.3) is 0 Å². The maximum Gasteiger partial charge on any atom is 0.0465 e. The fraction of sp³-hybridized carbons (Fsp3) is 0.104. The normalized spacial score (nSPS) is 12.8. The molecule has 0 N–H and O–H groups in total. The first kappa shape index (κ1) is 61.3. The van der Waals surface area contributed by atoms with Crippen LogP contribution in [0, 0.1) is 0 Å². The molecule has 0 fully saturated rings. The molecule has 2 heteroatoms. The van der Waals surface area contributed by atoms with Crippen LogP contribution in [0.4, 0.5) is 34.1 Å². The Hall–Kier alpha value is -11.6. The lowest BCUT2D eigenvalue weighted by Gasteiger charge is -2.32. The zero-order chi connectivity index (χ0) is 66.2. The van der Waals surface area contributed by atoms with E-state index in [0.29, 0.717) is 0 Å². The second-order valence-corrected chi connectivity index (χ2v) is 26.4. The summed E-state index contributed by atoms with van der Waals surface area (Å²) in [7, 11) is 0. The van der Waals surface area contributed by atoms with Crippen molar-refractivity contribution in [2.45, 2.75) is 64.2 Å². The predicted molar refractivity (Wildman–Crippen MR) is 418 cm³/mol. The highest BCUT2D eigenvalue weighted by molar-refractivity contribution is 5.93. The highest BCUT2D eigenvalue weighted by Crippen LogP contribution is 2.57. The molecule has 0 amide bonds. The number of fused-ring (bicyclic) bond motifs is 8. The van der Waals surface area contributed by atoms with Gasteiger partial charge in [0.15, 0.2) is 0 Å². The topological polar surface area (TPSA) is 6.48 Å². The van der Waals surface area contributed by atoms with Gasteiger partial charge in [0.05, 0.1) is 0 Å². The minimum absolute atomic E-state index is 0.0486. The van der Waals surface area contributed by atoms with Crippen molar-refractivity contribution in [1.82, 2.24) is 0 Å². The lowest BCUT2D eigenvalue weighted by Crippen LogP contribution is -2.23. The van der Waals surface area contributed by atoms with Gasteiger partial charge in [-0.1, -0.05) is 282 Å². The second kappa shape index (κ2) is 26.2. The molecule has 0 spiro atoms. The standard InChI is InChI=1S/C51H41N.C45H37N/c1-3-51(4-2)49-34-43(42-24-23-37-15-11-12-16-41(37)33-42)27-31-47(49)48-32-30-46(35-50(48)51)52(44-17-9-6-10-18-44)45-28-25-40(26-29-45)39-21-19-38(20-22-39)36-13-7-5-8-14-36;1-3-45(4-2)43-30-37(36-20-19-33-15-11-12-16-35(33)29-36)23-27-41(43)42-28-26-40(31-44(42)45)46(38-17-9-6-10-18-38)39-24-21-34(22-25-39)32-13-7-5-8-14-32/h5-35H,3-4H2,1-2H3;5-31H,3-4H2,1-2H3. The maximum atomic E-state index is 2.48. The molecule has 98 heavy (non-hydrogen) atoms. The van der Waals surface area contributed by atoms with E-state index in [1.807, 2.05) is 0 Å². The first-order chi connectivity index (χ1) is 48.3. The van der Waals surface area contributed by atoms with Crippen LogP contribution in [0.25, 0.3) is 99.4 Å². The van der Waals surface area contributed by atoms with Crippen molar-refractivity contribution in [3.8, 4) is 77.9 Å². The highest BCUT2D eigenvalue weighted by atomic mass is 15.1. The number of para-hydroxylation sites is 2. The fourth-order valence-electron chi connectivity index (χ4n) is 16.1. The number of nitrogens with zero attached hydrogens (tertiary/aromatic N) is 2. The Morgan fingerprint density at radius 2 is 0.418 bits per heavy atom. The van der Waals surface area contributed by atoms with Gasteiger partial charge in [0, 0.05) is 45.0 Å². The number of hydrogen-bond donors (Lipinski definition) is 0. The molecule has 0 bridgehead atoms. The molecule has 0 aliphatic heterocycles. The van der Waals surface area contributed by atoms with Crippen LogP contribution in [-0.4, -0.2) is 0 Å². The van der Waals surface area contributed by atoms with Crippen molar-refractivity contribution >= 4 is 55.7 Å². The van der Waals surface area contributed by atoms with E-state index in [-0.39, 0.29) is 10.8 Å². The van der Waals surface area contributed by atoms with Gasteiger partial charge >= 0.3 is 0 Å². The van der Waals surface area contributed by atoms with Gasteiger partial charge in [0.2, 0.25) is 0 Å². The summed E-state index contributed by atoms with van der Waals surface area (Å²) in [5.74, 6) is 0. The van der Waals surface area contributed by atoms with Gasteiger partial charge in [-0.25, -0.2) is 0 Å². The molecule has 15 aromatic carbocycles. The fourth-order valence-corrected chi connectivity index (χ4v) is 16.1. The molecule has 0 saturated carbocycles. The van der Waals surface area contributed by atoms with Gasteiger partial charge in [0.1, 0.15) is 0 Å². The Balaban J connectivity index is 0.000000154. The molecule has 0 atom stereocenters. The van der Waals surface area contributed by atoms with Crippen LogP contribution in [0.3, 0.4) is 0 Å². The average molecular weight is 1260 g/mol. The number of benzene rings is 15. The molecule has 15 aromatic rings. The van der Waals surface area contributed by atoms with Crippen LogP contribution < -0.4 is 9.80 Å². The van der Waals surface area contributed by atoms with E-state index in [1.165, 1.54) is 133 Å². The quantitative estimate of drug-likeness (QED) is 0.101. The zero-order valence-electron chi connectivity index (χ0n) is 56.2. The molecule has 0 saturated heterocycles. The first-order valence-corrected chi connectivity index (χ1v) is 35.0. The van der Waals surface area contributed by atoms with Gasteiger partial charge < -0.3 is 9.80 Å². The molecule has 0 heterocycles. The summed E-state index contributed by atoms with van der Waals surface area (Å²) in [6, 6.07) is 129. The number of rotatable bonds is 15. The summed E-state index contributed by atoms with van der Waals surface area (Å²) >= 11 is 0. The van der Waals surface area contributed by atoms with Crippen molar-refractivity contribution in [3.05, 3.63) is 374 Å². The molecule has 2 nitrogen and oxygen atoms in total. The van der Waals surface area contributed by atoms with E-state index >= 15 is 0 Å². The van der Waals surface area contributed by atoms with E-state index in [1.54, 1.807) is 0 Å². The van der Waals surface area contributed by atoms with Gasteiger partial charge in [-0.05, 0) is 244 Å². The Labute approximate surface area is 578 Å². The summed E-state index contributed by atoms with van der Waals surface area (Å²) in [6.45, 7) is 9.43. The Morgan fingerprint density at radius 1 is 0.184 bits per heavy atom. The molecule has 17 rings (SSSR count). The Morgan fingerprint density at radius 3 is 0.765 bits per heavy atom. The summed E-state index contributed by atoms with van der Waals surface area (Å²) < 4.78 is 0. The Kier molecular flexibility index (Phi) is 16.4. The molecule has 2 aliphatic carbocycles. The van der Waals surface area contributed by atoms with Crippen molar-refractivity contribution < 1.29 is 0 Å². The minimum Gasteiger partial charge on any atom is -0.310 e. The lowest BCUT2D eigenvalue weighted by molar-refractivity contribution is 0.490. The van der Waals surface area contributed by atoms with Gasteiger partial charge in [-0.3, -0.25) is 0 Å². The van der Waals surface area contributed by atoms with Crippen LogP contribution in [-0.2, 0) is 10.8 Å². The minimum atomic E-state index is -0.0638.